The van der Waals surface area contributed by atoms with E-state index in [9.17, 15) is 0 Å². The van der Waals surface area contributed by atoms with E-state index in [2.05, 4.69) is 31.4 Å². The second-order valence-corrected chi connectivity index (χ2v) is 7.01. The zero-order valence-corrected chi connectivity index (χ0v) is 13.5. The molecule has 0 bridgehead atoms. The number of nitrogen functional groups attached to an aromatic ring is 1. The molecule has 3 nitrogen and oxygen atoms in total. The minimum absolute atomic E-state index is 0.444. The Kier molecular flexibility index (Phi) is 3.92. The Morgan fingerprint density at radius 1 is 1.19 bits per heavy atom. The first kappa shape index (κ1) is 14.4. The molecule has 1 saturated carbocycles. The van der Waals surface area contributed by atoms with Crippen LogP contribution in [0.15, 0.2) is 18.2 Å². The van der Waals surface area contributed by atoms with Crippen LogP contribution in [-0.4, -0.2) is 9.55 Å². The molecule has 0 amide bonds. The average molecular weight is 285 g/mol. The highest BCUT2D eigenvalue weighted by Crippen LogP contribution is 2.35. The van der Waals surface area contributed by atoms with Crippen LogP contribution in [0.2, 0.25) is 0 Å². The van der Waals surface area contributed by atoms with Crippen molar-refractivity contribution in [3.05, 3.63) is 24.0 Å². The molecule has 0 spiro atoms. The molecule has 0 saturated heterocycles. The summed E-state index contributed by atoms with van der Waals surface area (Å²) in [6.07, 6.45) is 6.58. The molecule has 1 aromatic heterocycles. The van der Waals surface area contributed by atoms with E-state index < -0.39 is 0 Å². The Morgan fingerprint density at radius 2 is 2.00 bits per heavy atom. The normalized spacial score (nSPS) is 23.6. The summed E-state index contributed by atoms with van der Waals surface area (Å²) in [5, 5.41) is 0. The third-order valence-electron chi connectivity index (χ3n) is 4.85. The van der Waals surface area contributed by atoms with Gasteiger partial charge in [-0.15, -0.1) is 0 Å². The van der Waals surface area contributed by atoms with Crippen molar-refractivity contribution in [2.45, 2.75) is 64.8 Å². The molecule has 3 rings (SSSR count). The largest absolute Gasteiger partial charge is 0.399 e. The fraction of sp³-hybridized carbons (Fsp3) is 0.611. The van der Waals surface area contributed by atoms with Crippen LogP contribution >= 0.6 is 0 Å². The molecule has 2 N–H and O–H groups in total. The van der Waals surface area contributed by atoms with Gasteiger partial charge in [0.1, 0.15) is 5.82 Å². The van der Waals surface area contributed by atoms with Gasteiger partial charge in [-0.1, -0.05) is 33.6 Å². The average Bonchev–Trinajstić information content (AvgIpc) is 2.68. The molecule has 1 aliphatic rings. The number of anilines is 1. The lowest BCUT2D eigenvalue weighted by Gasteiger charge is -2.21. The molecule has 2 atom stereocenters. The van der Waals surface area contributed by atoms with Gasteiger partial charge in [0.05, 0.1) is 11.0 Å². The first-order valence-corrected chi connectivity index (χ1v) is 8.33. The van der Waals surface area contributed by atoms with Crippen LogP contribution < -0.4 is 5.73 Å². The molecule has 1 fully saturated rings. The number of nitrogens with two attached hydrogens (primary N) is 1. The predicted molar refractivity (Wildman–Crippen MR) is 89.5 cm³/mol. The molecule has 2 unspecified atom stereocenters. The molecule has 1 aliphatic carbocycles. The summed E-state index contributed by atoms with van der Waals surface area (Å²) < 4.78 is 2.51. The SMILES string of the molecule is CC1CCCC(n2c(C(C)C)nc3cc(N)ccc32)CC1. The zero-order valence-electron chi connectivity index (χ0n) is 13.5. The van der Waals surface area contributed by atoms with E-state index in [-0.39, 0.29) is 0 Å². The van der Waals surface area contributed by atoms with E-state index in [1.54, 1.807) is 0 Å². The quantitative estimate of drug-likeness (QED) is 0.631. The van der Waals surface area contributed by atoms with Gasteiger partial charge in [0.2, 0.25) is 0 Å². The van der Waals surface area contributed by atoms with Gasteiger partial charge in [-0.2, -0.15) is 0 Å². The standard InChI is InChI=1S/C18H27N3/c1-12(2)18-20-16-11-14(19)8-10-17(16)21(18)15-6-4-5-13(3)7-9-15/h8,10-13,15H,4-7,9,19H2,1-3H3. The number of rotatable bonds is 2. The highest BCUT2D eigenvalue weighted by Gasteiger charge is 2.23. The molecule has 2 aromatic rings. The fourth-order valence-electron chi connectivity index (χ4n) is 3.65. The molecule has 0 radical (unpaired) electrons. The lowest BCUT2D eigenvalue weighted by atomic mass is 10.0. The van der Waals surface area contributed by atoms with E-state index in [4.69, 9.17) is 10.7 Å². The van der Waals surface area contributed by atoms with Gasteiger partial charge < -0.3 is 10.3 Å². The lowest BCUT2D eigenvalue weighted by Crippen LogP contribution is -2.13. The maximum Gasteiger partial charge on any atom is 0.112 e. The number of benzene rings is 1. The van der Waals surface area contributed by atoms with Crippen LogP contribution in [0.1, 0.15) is 70.7 Å². The second-order valence-electron chi connectivity index (χ2n) is 7.01. The molecule has 114 valence electrons. The summed E-state index contributed by atoms with van der Waals surface area (Å²) in [5.74, 6) is 2.53. The number of hydrogen-bond acceptors (Lipinski definition) is 2. The van der Waals surface area contributed by atoms with Crippen LogP contribution in [0.25, 0.3) is 11.0 Å². The number of imidazole rings is 1. The van der Waals surface area contributed by atoms with Crippen LogP contribution in [0.4, 0.5) is 5.69 Å². The summed E-state index contributed by atoms with van der Waals surface area (Å²) >= 11 is 0. The van der Waals surface area contributed by atoms with E-state index in [0.717, 1.165) is 17.1 Å². The van der Waals surface area contributed by atoms with Gasteiger partial charge in [-0.05, 0) is 43.4 Å². The number of aromatic nitrogens is 2. The smallest absolute Gasteiger partial charge is 0.112 e. The van der Waals surface area contributed by atoms with Gasteiger partial charge in [0, 0.05) is 17.6 Å². The monoisotopic (exact) mass is 285 g/mol. The van der Waals surface area contributed by atoms with Crippen molar-refractivity contribution in [3.63, 3.8) is 0 Å². The van der Waals surface area contributed by atoms with Crippen LogP contribution in [0.5, 0.6) is 0 Å². The van der Waals surface area contributed by atoms with Crippen molar-refractivity contribution >= 4 is 16.7 Å². The number of nitrogens with zero attached hydrogens (tertiary/aromatic N) is 2. The molecule has 1 heterocycles. The molecule has 21 heavy (non-hydrogen) atoms. The molecular formula is C18H27N3. The minimum atomic E-state index is 0.444. The zero-order chi connectivity index (χ0) is 15.0. The van der Waals surface area contributed by atoms with Crippen LogP contribution in [-0.2, 0) is 0 Å². The van der Waals surface area contributed by atoms with Gasteiger partial charge in [0.15, 0.2) is 0 Å². The van der Waals surface area contributed by atoms with Crippen LogP contribution in [0, 0.1) is 5.92 Å². The van der Waals surface area contributed by atoms with Crippen LogP contribution in [0.3, 0.4) is 0 Å². The Hall–Kier alpha value is -1.51. The maximum absolute atomic E-state index is 5.93. The van der Waals surface area contributed by atoms with Gasteiger partial charge in [0.25, 0.3) is 0 Å². The Balaban J connectivity index is 2.08. The molecule has 1 aromatic carbocycles. The van der Waals surface area contributed by atoms with Gasteiger partial charge in [-0.25, -0.2) is 4.98 Å². The van der Waals surface area contributed by atoms with Crippen molar-refractivity contribution in [3.8, 4) is 0 Å². The topological polar surface area (TPSA) is 43.8 Å². The van der Waals surface area contributed by atoms with E-state index in [1.165, 1.54) is 43.4 Å². The lowest BCUT2D eigenvalue weighted by molar-refractivity contribution is 0.424. The van der Waals surface area contributed by atoms with Crippen molar-refractivity contribution in [2.24, 2.45) is 5.92 Å². The highest BCUT2D eigenvalue weighted by atomic mass is 15.1. The third kappa shape index (κ3) is 2.78. The Morgan fingerprint density at radius 3 is 2.76 bits per heavy atom. The summed E-state index contributed by atoms with van der Waals surface area (Å²) in [6.45, 7) is 6.86. The van der Waals surface area contributed by atoms with Crippen molar-refractivity contribution in [1.29, 1.82) is 0 Å². The third-order valence-corrected chi connectivity index (χ3v) is 4.85. The van der Waals surface area contributed by atoms with Gasteiger partial charge in [-0.3, -0.25) is 0 Å². The Bertz CT molecular complexity index is 627. The first-order chi connectivity index (χ1) is 10.1. The first-order valence-electron chi connectivity index (χ1n) is 8.33. The van der Waals surface area contributed by atoms with Crippen molar-refractivity contribution in [1.82, 2.24) is 9.55 Å². The van der Waals surface area contributed by atoms with Crippen molar-refractivity contribution < 1.29 is 0 Å². The summed E-state index contributed by atoms with van der Waals surface area (Å²) in [5.41, 5.74) is 9.04. The minimum Gasteiger partial charge on any atom is -0.399 e. The number of hydrogen-bond donors (Lipinski definition) is 1. The van der Waals surface area contributed by atoms with E-state index in [1.807, 2.05) is 12.1 Å². The Labute approximate surface area is 127 Å². The predicted octanol–water partition coefficient (Wildman–Crippen LogP) is 4.88. The van der Waals surface area contributed by atoms with E-state index >= 15 is 0 Å². The summed E-state index contributed by atoms with van der Waals surface area (Å²) in [7, 11) is 0. The van der Waals surface area contributed by atoms with E-state index in [0.29, 0.717) is 12.0 Å². The summed E-state index contributed by atoms with van der Waals surface area (Å²) in [4.78, 5) is 4.88. The second kappa shape index (κ2) is 5.70. The summed E-state index contributed by atoms with van der Waals surface area (Å²) in [6, 6.07) is 6.76. The maximum atomic E-state index is 5.93. The fourth-order valence-corrected chi connectivity index (χ4v) is 3.65. The highest BCUT2D eigenvalue weighted by molar-refractivity contribution is 5.80. The molecule has 3 heteroatoms. The molecular weight excluding hydrogens is 258 g/mol. The van der Waals surface area contributed by atoms with Gasteiger partial charge >= 0.3 is 0 Å². The number of fused-ring (bicyclic) bond motifs is 1. The molecule has 0 aliphatic heterocycles. The van der Waals surface area contributed by atoms with Crippen molar-refractivity contribution in [2.75, 3.05) is 5.73 Å².